The van der Waals surface area contributed by atoms with Crippen LogP contribution in [0.25, 0.3) is 11.1 Å². The van der Waals surface area contributed by atoms with Gasteiger partial charge in [-0.25, -0.2) is 0 Å². The molecule has 0 unspecified atom stereocenters. The molecule has 0 saturated heterocycles. The Morgan fingerprint density at radius 1 is 0.944 bits per heavy atom. The van der Waals surface area contributed by atoms with Crippen LogP contribution in [-0.2, 0) is 4.79 Å². The third-order valence-electron chi connectivity index (χ3n) is 3.54. The first-order valence-corrected chi connectivity index (χ1v) is 6.24. The first-order chi connectivity index (χ1) is 8.92. The molecular formula is C16H15NO. The van der Waals surface area contributed by atoms with E-state index in [-0.39, 0.29) is 0 Å². The van der Waals surface area contributed by atoms with E-state index < -0.39 is 0 Å². The minimum Gasteiger partial charge on any atom is -0.309 e. The molecule has 2 nitrogen and oxygen atoms in total. The zero-order chi connectivity index (χ0) is 12.4. The van der Waals surface area contributed by atoms with Crippen LogP contribution in [0.15, 0.2) is 48.5 Å². The number of rotatable bonds is 4. The second kappa shape index (κ2) is 4.75. The topological polar surface area (TPSA) is 29.1 Å². The van der Waals surface area contributed by atoms with Crippen LogP contribution in [-0.4, -0.2) is 19.4 Å². The highest BCUT2D eigenvalue weighted by Crippen LogP contribution is 2.43. The van der Waals surface area contributed by atoms with Crippen LogP contribution in [0.1, 0.15) is 17.0 Å². The van der Waals surface area contributed by atoms with Crippen molar-refractivity contribution in [3.8, 4) is 11.1 Å². The van der Waals surface area contributed by atoms with Crippen molar-refractivity contribution < 1.29 is 4.79 Å². The summed E-state index contributed by atoms with van der Waals surface area (Å²) in [5, 5.41) is 3.19. The standard InChI is InChI=1S/C16H15NO/c18-10-9-17-11-16-14-7-3-1-5-12(14)13-6-2-4-8-15(13)16/h1-8,10,16-17H,9,11H2. The van der Waals surface area contributed by atoms with Crippen molar-refractivity contribution in [3.05, 3.63) is 59.7 Å². The van der Waals surface area contributed by atoms with Crippen LogP contribution < -0.4 is 5.32 Å². The molecule has 90 valence electrons. The lowest BCUT2D eigenvalue weighted by Gasteiger charge is -2.13. The van der Waals surface area contributed by atoms with Crippen molar-refractivity contribution in [2.24, 2.45) is 0 Å². The summed E-state index contributed by atoms with van der Waals surface area (Å²) in [5.41, 5.74) is 5.37. The van der Waals surface area contributed by atoms with Crippen molar-refractivity contribution in [2.45, 2.75) is 5.92 Å². The summed E-state index contributed by atoms with van der Waals surface area (Å²) < 4.78 is 0. The maximum atomic E-state index is 10.4. The lowest BCUT2D eigenvalue weighted by Crippen LogP contribution is -2.22. The van der Waals surface area contributed by atoms with Gasteiger partial charge in [0.1, 0.15) is 6.29 Å². The predicted octanol–water partition coefficient (Wildman–Crippen LogP) is 2.59. The van der Waals surface area contributed by atoms with Gasteiger partial charge in [0, 0.05) is 12.5 Å². The first-order valence-electron chi connectivity index (χ1n) is 6.24. The van der Waals surface area contributed by atoms with Crippen LogP contribution >= 0.6 is 0 Å². The van der Waals surface area contributed by atoms with Crippen molar-refractivity contribution in [2.75, 3.05) is 13.1 Å². The smallest absolute Gasteiger partial charge is 0.133 e. The molecule has 0 fully saturated rings. The Morgan fingerprint density at radius 3 is 2.06 bits per heavy atom. The molecule has 1 N–H and O–H groups in total. The van der Waals surface area contributed by atoms with Gasteiger partial charge in [0.25, 0.3) is 0 Å². The monoisotopic (exact) mass is 237 g/mol. The van der Waals surface area contributed by atoms with Gasteiger partial charge in [-0.05, 0) is 22.3 Å². The van der Waals surface area contributed by atoms with Gasteiger partial charge in [0.2, 0.25) is 0 Å². The van der Waals surface area contributed by atoms with E-state index in [2.05, 4.69) is 53.8 Å². The fourth-order valence-electron chi connectivity index (χ4n) is 2.77. The number of carbonyl (C=O) groups is 1. The zero-order valence-electron chi connectivity index (χ0n) is 10.1. The molecule has 0 aromatic heterocycles. The normalized spacial score (nSPS) is 13.1. The summed E-state index contributed by atoms with van der Waals surface area (Å²) in [4.78, 5) is 10.4. The summed E-state index contributed by atoms with van der Waals surface area (Å²) in [5.74, 6) is 0.359. The van der Waals surface area contributed by atoms with E-state index in [1.807, 2.05) is 0 Å². The van der Waals surface area contributed by atoms with Gasteiger partial charge in [-0.15, -0.1) is 0 Å². The fraction of sp³-hybridized carbons (Fsp3) is 0.188. The van der Waals surface area contributed by atoms with Crippen LogP contribution in [0.4, 0.5) is 0 Å². The fourth-order valence-corrected chi connectivity index (χ4v) is 2.77. The number of hydrogen-bond donors (Lipinski definition) is 1. The molecule has 1 aliphatic rings. The van der Waals surface area contributed by atoms with Crippen molar-refractivity contribution >= 4 is 6.29 Å². The molecule has 0 spiro atoms. The van der Waals surface area contributed by atoms with Crippen molar-refractivity contribution in [1.29, 1.82) is 0 Å². The molecule has 1 aliphatic carbocycles. The maximum absolute atomic E-state index is 10.4. The third kappa shape index (κ3) is 1.75. The second-order valence-electron chi connectivity index (χ2n) is 4.55. The van der Waals surface area contributed by atoms with E-state index in [1.165, 1.54) is 22.3 Å². The molecule has 0 radical (unpaired) electrons. The third-order valence-corrected chi connectivity index (χ3v) is 3.54. The van der Waals surface area contributed by atoms with Crippen molar-refractivity contribution in [3.63, 3.8) is 0 Å². The quantitative estimate of drug-likeness (QED) is 0.654. The molecule has 0 aliphatic heterocycles. The Balaban J connectivity index is 2.01. The molecule has 0 saturated carbocycles. The molecule has 3 rings (SSSR count). The number of nitrogens with one attached hydrogen (secondary N) is 1. The molecule has 2 heteroatoms. The number of carbonyl (C=O) groups excluding carboxylic acids is 1. The van der Waals surface area contributed by atoms with Crippen molar-refractivity contribution in [1.82, 2.24) is 5.32 Å². The molecule has 0 amide bonds. The Morgan fingerprint density at radius 2 is 1.50 bits per heavy atom. The van der Waals surface area contributed by atoms with E-state index in [9.17, 15) is 4.79 Å². The molecule has 0 bridgehead atoms. The Kier molecular flexibility index (Phi) is 2.95. The lowest BCUT2D eigenvalue weighted by molar-refractivity contribution is -0.107. The van der Waals surface area contributed by atoms with Gasteiger partial charge in [0.15, 0.2) is 0 Å². The van der Waals surface area contributed by atoms with E-state index in [0.717, 1.165) is 12.8 Å². The highest BCUT2D eigenvalue weighted by atomic mass is 16.1. The number of hydrogen-bond acceptors (Lipinski definition) is 2. The van der Waals surface area contributed by atoms with E-state index in [4.69, 9.17) is 0 Å². The van der Waals surface area contributed by atoms with Gasteiger partial charge in [-0.3, -0.25) is 0 Å². The Labute approximate surface area is 107 Å². The largest absolute Gasteiger partial charge is 0.309 e. The van der Waals surface area contributed by atoms with Crippen LogP contribution in [0.2, 0.25) is 0 Å². The molecule has 2 aromatic carbocycles. The maximum Gasteiger partial charge on any atom is 0.133 e. The molecular weight excluding hydrogens is 222 g/mol. The Bertz CT molecular complexity index is 531. The number of fused-ring (bicyclic) bond motifs is 3. The summed E-state index contributed by atoms with van der Waals surface area (Å²) in [6.07, 6.45) is 0.909. The SMILES string of the molecule is O=CCNCC1c2ccccc2-c2ccccc21. The minimum absolute atomic E-state index is 0.359. The van der Waals surface area contributed by atoms with E-state index >= 15 is 0 Å². The van der Waals surface area contributed by atoms with Crippen LogP contribution in [0.5, 0.6) is 0 Å². The zero-order valence-corrected chi connectivity index (χ0v) is 10.1. The van der Waals surface area contributed by atoms with Gasteiger partial charge in [-0.1, -0.05) is 48.5 Å². The summed E-state index contributed by atoms with van der Waals surface area (Å²) in [6.45, 7) is 1.23. The molecule has 0 atom stereocenters. The predicted molar refractivity (Wildman–Crippen MR) is 72.7 cm³/mol. The Hall–Kier alpha value is -1.93. The second-order valence-corrected chi connectivity index (χ2v) is 4.55. The highest BCUT2D eigenvalue weighted by molar-refractivity contribution is 5.78. The van der Waals surface area contributed by atoms with Gasteiger partial charge >= 0.3 is 0 Å². The summed E-state index contributed by atoms with van der Waals surface area (Å²) >= 11 is 0. The van der Waals surface area contributed by atoms with E-state index in [1.54, 1.807) is 0 Å². The van der Waals surface area contributed by atoms with Gasteiger partial charge in [-0.2, -0.15) is 0 Å². The highest BCUT2D eigenvalue weighted by Gasteiger charge is 2.27. The molecule has 18 heavy (non-hydrogen) atoms. The van der Waals surface area contributed by atoms with Gasteiger partial charge in [0.05, 0.1) is 6.54 Å². The van der Waals surface area contributed by atoms with Crippen LogP contribution in [0, 0.1) is 0 Å². The van der Waals surface area contributed by atoms with Crippen LogP contribution in [0.3, 0.4) is 0 Å². The van der Waals surface area contributed by atoms with Gasteiger partial charge < -0.3 is 10.1 Å². The summed E-state index contributed by atoms with van der Waals surface area (Å²) in [6, 6.07) is 17.0. The number of benzene rings is 2. The number of aldehydes is 1. The molecule has 0 heterocycles. The average Bonchev–Trinajstić information content (AvgIpc) is 2.74. The van der Waals surface area contributed by atoms with E-state index in [0.29, 0.717) is 12.5 Å². The first kappa shape index (κ1) is 11.2. The summed E-state index contributed by atoms with van der Waals surface area (Å²) in [7, 11) is 0. The lowest BCUT2D eigenvalue weighted by atomic mass is 9.97. The minimum atomic E-state index is 0.359. The molecule has 2 aromatic rings. The average molecular weight is 237 g/mol.